The Kier molecular flexibility index (Phi) is 21.1. The van der Waals surface area contributed by atoms with E-state index in [1.165, 1.54) is 5.56 Å². The molecule has 1 radical (unpaired) electrons. The van der Waals surface area contributed by atoms with Crippen LogP contribution in [0.2, 0.25) is 0 Å². The van der Waals surface area contributed by atoms with E-state index in [1.54, 1.807) is 29.1 Å². The molecule has 0 amide bonds. The fraction of sp³-hybridized carbons (Fsp3) is 0.474. The van der Waals surface area contributed by atoms with Gasteiger partial charge in [0.05, 0.1) is 0 Å². The largest absolute Gasteiger partial charge is 0.313 e. The van der Waals surface area contributed by atoms with Crippen LogP contribution in [0.15, 0.2) is 53.7 Å². The number of hydrogen-bond acceptors (Lipinski definition) is 2. The molecule has 0 aromatic carbocycles. The van der Waals surface area contributed by atoms with Gasteiger partial charge in [-0.05, 0) is 37.5 Å². The monoisotopic (exact) mass is 395 g/mol. The first kappa shape index (κ1) is 30.1. The molecule has 2 aromatic rings. The maximum atomic E-state index is 11.0. The molecule has 129 valence electrons. The standard InChI is InChI=1S/C8H11NO.C8H11N.3CH4.Y/c1-7(2)9-6-4-3-5-8(9)10;1-7(2)8-4-3-5-9-6-8;;;;/h3-7H,1-2H3;3-7H,1-2H3;3*1H4;. The number of pyridine rings is 2. The SMILES string of the molecule is C.C.C.CC(C)c1cccnc1.CC(C)n1ccccc1=O.[Y]. The van der Waals surface area contributed by atoms with Crippen molar-refractivity contribution < 1.29 is 32.7 Å². The Hall–Kier alpha value is -0.796. The van der Waals surface area contributed by atoms with Crippen LogP contribution in [0, 0.1) is 0 Å². The van der Waals surface area contributed by atoms with E-state index in [1.807, 2.05) is 32.2 Å². The van der Waals surface area contributed by atoms with E-state index in [2.05, 4.69) is 24.9 Å². The van der Waals surface area contributed by atoms with Crippen molar-refractivity contribution in [3.05, 3.63) is 64.8 Å². The van der Waals surface area contributed by atoms with E-state index in [-0.39, 0.29) is 66.6 Å². The summed E-state index contributed by atoms with van der Waals surface area (Å²) >= 11 is 0. The van der Waals surface area contributed by atoms with Gasteiger partial charge in [0.25, 0.3) is 5.56 Å². The van der Waals surface area contributed by atoms with Gasteiger partial charge < -0.3 is 4.57 Å². The minimum Gasteiger partial charge on any atom is -0.313 e. The zero-order valence-corrected chi connectivity index (χ0v) is 15.5. The van der Waals surface area contributed by atoms with Gasteiger partial charge >= 0.3 is 0 Å². The summed E-state index contributed by atoms with van der Waals surface area (Å²) in [6.07, 6.45) is 5.50. The predicted octanol–water partition coefficient (Wildman–Crippen LogP) is 5.54. The molecule has 0 aliphatic rings. The van der Waals surface area contributed by atoms with Crippen LogP contribution < -0.4 is 5.56 Å². The van der Waals surface area contributed by atoms with Crippen molar-refractivity contribution >= 4 is 0 Å². The minimum absolute atomic E-state index is 0. The molecule has 0 saturated heterocycles. The van der Waals surface area contributed by atoms with Crippen LogP contribution in [0.4, 0.5) is 0 Å². The zero-order chi connectivity index (χ0) is 14.3. The van der Waals surface area contributed by atoms with Crippen LogP contribution in [0.3, 0.4) is 0 Å². The van der Waals surface area contributed by atoms with Crippen molar-refractivity contribution in [1.29, 1.82) is 0 Å². The van der Waals surface area contributed by atoms with Gasteiger partial charge in [-0.15, -0.1) is 0 Å². The first-order valence-electron chi connectivity index (χ1n) is 6.59. The number of hydrogen-bond donors (Lipinski definition) is 0. The van der Waals surface area contributed by atoms with Crippen molar-refractivity contribution in [3.8, 4) is 0 Å². The molecule has 0 aliphatic heterocycles. The smallest absolute Gasteiger partial charge is 0.250 e. The van der Waals surface area contributed by atoms with Crippen molar-refractivity contribution in [1.82, 2.24) is 9.55 Å². The Balaban J connectivity index is -0.000000134. The maximum absolute atomic E-state index is 11.0. The Morgan fingerprint density at radius 3 is 1.87 bits per heavy atom. The molecule has 0 bridgehead atoms. The summed E-state index contributed by atoms with van der Waals surface area (Å²) in [6.45, 7) is 8.30. The normalized spacial score (nSPS) is 8.43. The van der Waals surface area contributed by atoms with Gasteiger partial charge in [0.1, 0.15) is 0 Å². The fourth-order valence-corrected chi connectivity index (χ4v) is 1.58. The molecule has 0 unspecified atom stereocenters. The summed E-state index contributed by atoms with van der Waals surface area (Å²) in [5, 5.41) is 0. The molecule has 2 rings (SSSR count). The first-order chi connectivity index (χ1) is 9.02. The molecule has 2 heterocycles. The molecule has 0 atom stereocenters. The molecule has 23 heavy (non-hydrogen) atoms. The number of aromatic nitrogens is 2. The average Bonchev–Trinajstić information content (AvgIpc) is 2.40. The Morgan fingerprint density at radius 1 is 0.957 bits per heavy atom. The van der Waals surface area contributed by atoms with E-state index in [0.717, 1.165) is 0 Å². The average molecular weight is 395 g/mol. The molecule has 0 fully saturated rings. The van der Waals surface area contributed by atoms with Gasteiger partial charge in [-0.25, -0.2) is 0 Å². The fourth-order valence-electron chi connectivity index (χ4n) is 1.58. The van der Waals surface area contributed by atoms with Gasteiger partial charge in [-0.2, -0.15) is 0 Å². The van der Waals surface area contributed by atoms with Crippen LogP contribution in [0.25, 0.3) is 0 Å². The topological polar surface area (TPSA) is 34.9 Å². The van der Waals surface area contributed by atoms with Crippen molar-refractivity contribution in [2.45, 2.75) is 61.9 Å². The molecular formula is C19H34N2OY. The van der Waals surface area contributed by atoms with E-state index in [9.17, 15) is 4.79 Å². The summed E-state index contributed by atoms with van der Waals surface area (Å²) in [4.78, 5) is 15.0. The second-order valence-corrected chi connectivity index (χ2v) is 4.98. The summed E-state index contributed by atoms with van der Waals surface area (Å²) in [5.74, 6) is 0.596. The third-order valence-corrected chi connectivity index (χ3v) is 2.76. The number of nitrogens with zero attached hydrogens (tertiary/aromatic N) is 2. The van der Waals surface area contributed by atoms with Crippen LogP contribution in [-0.4, -0.2) is 9.55 Å². The van der Waals surface area contributed by atoms with E-state index in [0.29, 0.717) is 5.92 Å². The zero-order valence-electron chi connectivity index (χ0n) is 12.7. The summed E-state index contributed by atoms with van der Waals surface area (Å²) in [7, 11) is 0. The van der Waals surface area contributed by atoms with Gasteiger partial charge in [0, 0.05) is 63.4 Å². The molecule has 0 aliphatic carbocycles. The Morgan fingerprint density at radius 2 is 1.57 bits per heavy atom. The Labute approximate surface area is 168 Å². The van der Waals surface area contributed by atoms with Crippen molar-refractivity contribution in [2.24, 2.45) is 0 Å². The van der Waals surface area contributed by atoms with Crippen molar-refractivity contribution in [2.75, 3.05) is 0 Å². The quantitative estimate of drug-likeness (QED) is 0.669. The van der Waals surface area contributed by atoms with Gasteiger partial charge in [-0.3, -0.25) is 9.78 Å². The second-order valence-electron chi connectivity index (χ2n) is 4.98. The molecule has 0 N–H and O–H groups in total. The van der Waals surface area contributed by atoms with E-state index < -0.39 is 0 Å². The van der Waals surface area contributed by atoms with Crippen molar-refractivity contribution in [3.63, 3.8) is 0 Å². The van der Waals surface area contributed by atoms with Gasteiger partial charge in [0.2, 0.25) is 0 Å². The van der Waals surface area contributed by atoms with Crippen LogP contribution in [0.5, 0.6) is 0 Å². The molecule has 0 saturated carbocycles. The maximum Gasteiger partial charge on any atom is 0.250 e. The molecule has 4 heteroatoms. The second kappa shape index (κ2) is 16.1. The summed E-state index contributed by atoms with van der Waals surface area (Å²) < 4.78 is 1.69. The molecule has 3 nitrogen and oxygen atoms in total. The van der Waals surface area contributed by atoms with Gasteiger partial charge in [-0.1, -0.05) is 48.3 Å². The molecular weight excluding hydrogens is 361 g/mol. The number of rotatable bonds is 2. The van der Waals surface area contributed by atoms with Gasteiger partial charge in [0.15, 0.2) is 0 Å². The molecule has 2 aromatic heterocycles. The summed E-state index contributed by atoms with van der Waals surface area (Å²) in [6, 6.07) is 9.50. The minimum atomic E-state index is 0. The predicted molar refractivity (Wildman–Crippen MR) is 99.6 cm³/mol. The third kappa shape index (κ3) is 11.4. The van der Waals surface area contributed by atoms with E-state index >= 15 is 0 Å². The van der Waals surface area contributed by atoms with E-state index in [4.69, 9.17) is 0 Å². The summed E-state index contributed by atoms with van der Waals surface area (Å²) in [5.41, 5.74) is 1.37. The first-order valence-corrected chi connectivity index (χ1v) is 6.59. The Bertz CT molecular complexity index is 536. The molecule has 0 spiro atoms. The van der Waals surface area contributed by atoms with Crippen LogP contribution >= 0.6 is 0 Å². The third-order valence-electron chi connectivity index (χ3n) is 2.76. The van der Waals surface area contributed by atoms with Crippen LogP contribution in [0.1, 0.15) is 67.5 Å². The van der Waals surface area contributed by atoms with Crippen LogP contribution in [-0.2, 0) is 32.7 Å².